The lowest BCUT2D eigenvalue weighted by atomic mass is 10.2. The number of carbonyl (C=O) groups is 1. The first-order chi connectivity index (χ1) is 9.56. The maximum Gasteiger partial charge on any atom is 0.224 e. The van der Waals surface area contributed by atoms with E-state index in [9.17, 15) is 4.79 Å². The molecule has 0 aromatic carbocycles. The summed E-state index contributed by atoms with van der Waals surface area (Å²) in [6.45, 7) is 8.07. The Hall–Kier alpha value is -0.520. The highest BCUT2D eigenvalue weighted by molar-refractivity contribution is 7.99. The van der Waals surface area contributed by atoms with Gasteiger partial charge in [0.1, 0.15) is 0 Å². The fourth-order valence-corrected chi connectivity index (χ4v) is 4.21. The number of hydrogen-bond acceptors (Lipinski definition) is 4. The number of hydrogen-bond donors (Lipinski definition) is 1. The van der Waals surface area contributed by atoms with E-state index in [4.69, 9.17) is 0 Å². The van der Waals surface area contributed by atoms with Crippen molar-refractivity contribution in [3.05, 3.63) is 21.9 Å². The molecule has 112 valence electrons. The van der Waals surface area contributed by atoms with Gasteiger partial charge in [-0.1, -0.05) is 0 Å². The van der Waals surface area contributed by atoms with Crippen LogP contribution in [0.4, 0.5) is 0 Å². The van der Waals surface area contributed by atoms with Crippen molar-refractivity contribution in [2.45, 2.75) is 45.8 Å². The first kappa shape index (κ1) is 15.9. The van der Waals surface area contributed by atoms with Gasteiger partial charge in [0, 0.05) is 46.3 Å². The summed E-state index contributed by atoms with van der Waals surface area (Å²) < 4.78 is 0. The van der Waals surface area contributed by atoms with Gasteiger partial charge in [-0.25, -0.2) is 0 Å². The van der Waals surface area contributed by atoms with Gasteiger partial charge in [-0.05, 0) is 32.9 Å². The van der Waals surface area contributed by atoms with Crippen LogP contribution >= 0.6 is 23.1 Å². The smallest absolute Gasteiger partial charge is 0.224 e. The van der Waals surface area contributed by atoms with Crippen LogP contribution in [-0.2, 0) is 11.3 Å². The fraction of sp³-hybridized carbons (Fsp3) is 0.667. The van der Waals surface area contributed by atoms with E-state index in [1.807, 2.05) is 16.7 Å². The average Bonchev–Trinajstić information content (AvgIpc) is 2.82. The quantitative estimate of drug-likeness (QED) is 0.907. The molecule has 5 heteroatoms. The lowest BCUT2D eigenvalue weighted by molar-refractivity contribution is -0.133. The maximum atomic E-state index is 12.5. The predicted molar refractivity (Wildman–Crippen MR) is 88.5 cm³/mol. The van der Waals surface area contributed by atoms with Crippen LogP contribution in [0, 0.1) is 6.92 Å². The van der Waals surface area contributed by atoms with Crippen LogP contribution in [0.3, 0.4) is 0 Å². The second-order valence-electron chi connectivity index (χ2n) is 5.56. The largest absolute Gasteiger partial charge is 0.335 e. The topological polar surface area (TPSA) is 32.3 Å². The third-order valence-corrected chi connectivity index (χ3v) is 5.60. The van der Waals surface area contributed by atoms with Crippen molar-refractivity contribution in [1.29, 1.82) is 0 Å². The van der Waals surface area contributed by atoms with E-state index in [2.05, 4.69) is 38.2 Å². The number of aryl methyl sites for hydroxylation is 1. The van der Waals surface area contributed by atoms with E-state index in [-0.39, 0.29) is 11.9 Å². The van der Waals surface area contributed by atoms with Crippen LogP contribution in [0.25, 0.3) is 0 Å². The first-order valence-electron chi connectivity index (χ1n) is 7.22. The molecule has 0 aliphatic carbocycles. The van der Waals surface area contributed by atoms with Crippen LogP contribution in [-0.4, -0.2) is 40.9 Å². The Balaban J connectivity index is 1.94. The number of amides is 1. The fourth-order valence-electron chi connectivity index (χ4n) is 2.38. The standard InChI is InChI=1S/C15H24N2OS2/c1-11(2)17(9-14-5-4-12(3)20-14)15(18)8-13-10-19-7-6-16-13/h4-5,11,13,16H,6-10H2,1-3H3. The van der Waals surface area contributed by atoms with E-state index in [1.165, 1.54) is 9.75 Å². The molecule has 0 bridgehead atoms. The molecule has 20 heavy (non-hydrogen) atoms. The molecule has 0 saturated carbocycles. The minimum absolute atomic E-state index is 0.251. The van der Waals surface area contributed by atoms with Crippen LogP contribution < -0.4 is 5.32 Å². The summed E-state index contributed by atoms with van der Waals surface area (Å²) in [5.41, 5.74) is 0. The summed E-state index contributed by atoms with van der Waals surface area (Å²) in [5.74, 6) is 2.48. The van der Waals surface area contributed by atoms with Gasteiger partial charge in [-0.3, -0.25) is 4.79 Å². The van der Waals surface area contributed by atoms with Crippen LogP contribution in [0.1, 0.15) is 30.0 Å². The molecule has 3 nitrogen and oxygen atoms in total. The number of thiophene rings is 1. The molecule has 1 atom stereocenters. The van der Waals surface area contributed by atoms with E-state index in [1.54, 1.807) is 11.3 Å². The summed E-state index contributed by atoms with van der Waals surface area (Å²) in [5, 5.41) is 3.45. The number of nitrogens with zero attached hydrogens (tertiary/aromatic N) is 1. The minimum Gasteiger partial charge on any atom is -0.335 e. The van der Waals surface area contributed by atoms with Gasteiger partial charge < -0.3 is 10.2 Å². The molecule has 2 rings (SSSR count). The zero-order chi connectivity index (χ0) is 14.5. The van der Waals surface area contributed by atoms with Crippen molar-refractivity contribution in [3.8, 4) is 0 Å². The third-order valence-electron chi connectivity index (χ3n) is 3.49. The second-order valence-corrected chi connectivity index (χ2v) is 8.08. The molecule has 1 amide bonds. The second kappa shape index (κ2) is 7.48. The van der Waals surface area contributed by atoms with Crippen molar-refractivity contribution in [2.24, 2.45) is 0 Å². The summed E-state index contributed by atoms with van der Waals surface area (Å²) in [4.78, 5) is 17.1. The van der Waals surface area contributed by atoms with E-state index in [0.717, 1.165) is 24.6 Å². The van der Waals surface area contributed by atoms with Gasteiger partial charge in [-0.15, -0.1) is 11.3 Å². The Labute approximate surface area is 130 Å². The van der Waals surface area contributed by atoms with Crippen LogP contribution in [0.5, 0.6) is 0 Å². The molecule has 0 spiro atoms. The monoisotopic (exact) mass is 312 g/mol. The Morgan fingerprint density at radius 3 is 2.85 bits per heavy atom. The number of rotatable bonds is 5. The predicted octanol–water partition coefficient (Wildman–Crippen LogP) is 2.89. The first-order valence-corrected chi connectivity index (χ1v) is 9.19. The van der Waals surface area contributed by atoms with Gasteiger partial charge in [0.25, 0.3) is 0 Å². The molecule has 1 aromatic heterocycles. The van der Waals surface area contributed by atoms with Crippen LogP contribution in [0.15, 0.2) is 12.1 Å². The van der Waals surface area contributed by atoms with Gasteiger partial charge in [0.2, 0.25) is 5.91 Å². The molecule has 1 fully saturated rings. The molecular formula is C15H24N2OS2. The maximum absolute atomic E-state index is 12.5. The molecule has 1 aliphatic rings. The Morgan fingerprint density at radius 1 is 1.50 bits per heavy atom. The molecule has 1 saturated heterocycles. The van der Waals surface area contributed by atoms with Crippen molar-refractivity contribution in [1.82, 2.24) is 10.2 Å². The number of nitrogens with one attached hydrogen (secondary N) is 1. The minimum atomic E-state index is 0.251. The van der Waals surface area contributed by atoms with E-state index in [0.29, 0.717) is 12.5 Å². The van der Waals surface area contributed by atoms with E-state index >= 15 is 0 Å². The summed E-state index contributed by atoms with van der Waals surface area (Å²) >= 11 is 3.72. The highest BCUT2D eigenvalue weighted by Gasteiger charge is 2.23. The highest BCUT2D eigenvalue weighted by atomic mass is 32.2. The summed E-state index contributed by atoms with van der Waals surface area (Å²) in [6.07, 6.45) is 0.621. The molecule has 1 unspecified atom stereocenters. The van der Waals surface area contributed by atoms with Gasteiger partial charge in [-0.2, -0.15) is 11.8 Å². The zero-order valence-corrected chi connectivity index (χ0v) is 14.1. The highest BCUT2D eigenvalue weighted by Crippen LogP contribution is 2.20. The lowest BCUT2D eigenvalue weighted by Gasteiger charge is -2.30. The molecule has 0 radical (unpaired) electrons. The summed E-state index contributed by atoms with van der Waals surface area (Å²) in [7, 11) is 0. The zero-order valence-electron chi connectivity index (χ0n) is 12.5. The number of carbonyl (C=O) groups excluding carboxylic acids is 1. The molecule has 1 aliphatic heterocycles. The average molecular weight is 313 g/mol. The summed E-state index contributed by atoms with van der Waals surface area (Å²) in [6, 6.07) is 4.85. The van der Waals surface area contributed by atoms with Gasteiger partial charge in [0.15, 0.2) is 0 Å². The Morgan fingerprint density at radius 2 is 2.30 bits per heavy atom. The van der Waals surface area contributed by atoms with Gasteiger partial charge >= 0.3 is 0 Å². The SMILES string of the molecule is Cc1ccc(CN(C(=O)CC2CSCCN2)C(C)C)s1. The van der Waals surface area contributed by atoms with E-state index < -0.39 is 0 Å². The van der Waals surface area contributed by atoms with Crippen molar-refractivity contribution in [3.63, 3.8) is 0 Å². The normalized spacial score (nSPS) is 19.3. The molecule has 2 heterocycles. The molecule has 1 N–H and O–H groups in total. The Bertz CT molecular complexity index is 439. The third kappa shape index (κ3) is 4.50. The number of thioether (sulfide) groups is 1. The van der Waals surface area contributed by atoms with Gasteiger partial charge in [0.05, 0.1) is 6.54 Å². The lowest BCUT2D eigenvalue weighted by Crippen LogP contribution is -2.44. The van der Waals surface area contributed by atoms with Crippen molar-refractivity contribution in [2.75, 3.05) is 18.1 Å². The van der Waals surface area contributed by atoms with Crippen molar-refractivity contribution < 1.29 is 4.79 Å². The Kier molecular flexibility index (Phi) is 5.93. The van der Waals surface area contributed by atoms with Crippen LogP contribution in [0.2, 0.25) is 0 Å². The molecular weight excluding hydrogens is 288 g/mol. The molecule has 1 aromatic rings. The van der Waals surface area contributed by atoms with Crippen molar-refractivity contribution >= 4 is 29.0 Å².